The van der Waals surface area contributed by atoms with Gasteiger partial charge >= 0.3 is 0 Å². The van der Waals surface area contributed by atoms with Crippen LogP contribution in [0.15, 0.2) is 118 Å². The molecule has 56 heavy (non-hydrogen) atoms. The Kier molecular flexibility index (Phi) is 12.9. The fourth-order valence-electron chi connectivity index (χ4n) is 10.2. The highest BCUT2D eigenvalue weighted by Gasteiger charge is 2.47. The molecule has 0 amide bonds. The van der Waals surface area contributed by atoms with Gasteiger partial charge in [-0.1, -0.05) is 77.4 Å². The van der Waals surface area contributed by atoms with Crippen molar-refractivity contribution in [2.75, 3.05) is 40.4 Å². The first-order valence-electron chi connectivity index (χ1n) is 20.8. The van der Waals surface area contributed by atoms with Crippen LogP contribution >= 0.6 is 0 Å². The zero-order chi connectivity index (χ0) is 39.1. The van der Waals surface area contributed by atoms with Crippen LogP contribution in [-0.4, -0.2) is 52.8 Å². The molecule has 6 nitrogen and oxygen atoms in total. The summed E-state index contributed by atoms with van der Waals surface area (Å²) < 4.78 is 29.8. The molecule has 0 heterocycles. The Morgan fingerprint density at radius 1 is 0.661 bits per heavy atom. The Hall–Kier alpha value is -4.10. The van der Waals surface area contributed by atoms with E-state index in [1.807, 2.05) is 20.3 Å². The van der Waals surface area contributed by atoms with E-state index in [1.54, 1.807) is 25.4 Å². The van der Waals surface area contributed by atoms with Crippen LogP contribution in [0.4, 0.5) is 5.69 Å². The van der Waals surface area contributed by atoms with Gasteiger partial charge in [0.1, 0.15) is 11.5 Å². The number of fused-ring (bicyclic) bond motifs is 2. The fourth-order valence-corrected chi connectivity index (χ4v) is 10.2. The minimum atomic E-state index is -0.203. The van der Waals surface area contributed by atoms with Crippen LogP contribution in [0.2, 0.25) is 0 Å². The van der Waals surface area contributed by atoms with Gasteiger partial charge in [-0.05, 0) is 148 Å². The molecule has 4 aliphatic carbocycles. The van der Waals surface area contributed by atoms with E-state index in [1.165, 1.54) is 39.0 Å². The van der Waals surface area contributed by atoms with E-state index in [2.05, 4.69) is 98.0 Å². The van der Waals surface area contributed by atoms with Gasteiger partial charge in [0.25, 0.3) is 0 Å². The first kappa shape index (κ1) is 40.1. The number of rotatable bonds is 18. The lowest BCUT2D eigenvalue weighted by Crippen LogP contribution is -2.39. The Morgan fingerprint density at radius 3 is 2.07 bits per heavy atom. The topological polar surface area (TPSA) is 58.2 Å². The largest absolute Gasteiger partial charge is 0.497 e. The third-order valence-corrected chi connectivity index (χ3v) is 13.3. The van der Waals surface area contributed by atoms with E-state index in [9.17, 15) is 0 Å². The monoisotopic (exact) mass is 757 g/mol. The molecule has 3 aromatic carbocycles. The summed E-state index contributed by atoms with van der Waals surface area (Å²) in [6.07, 6.45) is 17.6. The summed E-state index contributed by atoms with van der Waals surface area (Å²) in [4.78, 5) is 0. The van der Waals surface area contributed by atoms with E-state index in [-0.39, 0.29) is 23.2 Å². The summed E-state index contributed by atoms with van der Waals surface area (Å²) in [5.41, 5.74) is 13.8. The number of benzene rings is 3. The molecule has 0 saturated heterocycles. The van der Waals surface area contributed by atoms with Crippen molar-refractivity contribution in [3.63, 3.8) is 0 Å². The molecule has 1 N–H and O–H groups in total. The third-order valence-electron chi connectivity index (χ3n) is 13.3. The summed E-state index contributed by atoms with van der Waals surface area (Å²) in [6, 6.07) is 25.8. The van der Waals surface area contributed by atoms with Crippen molar-refractivity contribution < 1.29 is 23.7 Å². The van der Waals surface area contributed by atoms with Crippen LogP contribution in [0, 0.1) is 5.41 Å². The second-order valence-corrected chi connectivity index (χ2v) is 16.6. The Morgan fingerprint density at radius 2 is 1.34 bits per heavy atom. The lowest BCUT2D eigenvalue weighted by Gasteiger charge is -2.38. The number of methoxy groups -OCH3 is 4. The van der Waals surface area contributed by atoms with E-state index in [0.29, 0.717) is 6.61 Å². The lowest BCUT2D eigenvalue weighted by molar-refractivity contribution is 0.0843. The Balaban J connectivity index is 1.06. The summed E-state index contributed by atoms with van der Waals surface area (Å²) in [7, 11) is 7.27. The SMILES string of the molecule is COc1cccc(CCC2=C3CC(OC)CC3(Nc3ccc(CCC4=C5CC(OC)C[C@]5(CCCOCc5ccccc5)CC=C4C)cc3OC)CC=C2C)c1. The first-order valence-corrected chi connectivity index (χ1v) is 20.8. The van der Waals surface area contributed by atoms with Crippen molar-refractivity contribution in [2.45, 2.75) is 115 Å². The predicted octanol–water partition coefficient (Wildman–Crippen LogP) is 11.3. The highest BCUT2D eigenvalue weighted by atomic mass is 16.5. The normalized spacial score (nSPS) is 24.5. The number of hydrogen-bond acceptors (Lipinski definition) is 6. The van der Waals surface area contributed by atoms with Gasteiger partial charge in [0.2, 0.25) is 0 Å². The molecule has 3 unspecified atom stereocenters. The van der Waals surface area contributed by atoms with Crippen molar-refractivity contribution in [3.8, 4) is 11.5 Å². The second kappa shape index (κ2) is 18.0. The van der Waals surface area contributed by atoms with Crippen LogP contribution in [0.1, 0.15) is 94.7 Å². The maximum absolute atomic E-state index is 6.13. The summed E-state index contributed by atoms with van der Waals surface area (Å²) in [5.74, 6) is 1.81. The predicted molar refractivity (Wildman–Crippen MR) is 228 cm³/mol. The number of hydrogen-bond donors (Lipinski definition) is 1. The van der Waals surface area contributed by atoms with Gasteiger partial charge in [-0.3, -0.25) is 0 Å². The minimum absolute atomic E-state index is 0.169. The van der Waals surface area contributed by atoms with Crippen molar-refractivity contribution in [3.05, 3.63) is 135 Å². The molecular weight excluding hydrogens is 695 g/mol. The molecule has 298 valence electrons. The third kappa shape index (κ3) is 8.73. The number of anilines is 1. The molecular formula is C50H63NO5. The number of ether oxygens (including phenoxy) is 5. The zero-order valence-electron chi connectivity index (χ0n) is 34.7. The Labute approximate surface area is 336 Å². The molecule has 0 radical (unpaired) electrons. The van der Waals surface area contributed by atoms with E-state index in [4.69, 9.17) is 23.7 Å². The van der Waals surface area contributed by atoms with E-state index >= 15 is 0 Å². The summed E-state index contributed by atoms with van der Waals surface area (Å²) in [6.45, 7) is 6.05. The number of allylic oxidation sites excluding steroid dienone is 5. The lowest BCUT2D eigenvalue weighted by atomic mass is 9.69. The van der Waals surface area contributed by atoms with Gasteiger partial charge < -0.3 is 29.0 Å². The van der Waals surface area contributed by atoms with Gasteiger partial charge in [-0.15, -0.1) is 0 Å². The van der Waals surface area contributed by atoms with Gasteiger partial charge in [-0.2, -0.15) is 0 Å². The van der Waals surface area contributed by atoms with E-state index < -0.39 is 0 Å². The molecule has 0 aliphatic heterocycles. The zero-order valence-corrected chi connectivity index (χ0v) is 34.7. The summed E-state index contributed by atoms with van der Waals surface area (Å²) in [5, 5.41) is 4.06. The van der Waals surface area contributed by atoms with Crippen LogP contribution in [0.25, 0.3) is 0 Å². The van der Waals surface area contributed by atoms with Crippen LogP contribution in [-0.2, 0) is 33.7 Å². The van der Waals surface area contributed by atoms with Crippen LogP contribution in [0.5, 0.6) is 11.5 Å². The molecule has 0 spiro atoms. The van der Waals surface area contributed by atoms with Gasteiger partial charge in [-0.25, -0.2) is 0 Å². The van der Waals surface area contributed by atoms with Gasteiger partial charge in [0, 0.05) is 27.2 Å². The molecule has 0 aromatic heterocycles. The van der Waals surface area contributed by atoms with Crippen molar-refractivity contribution in [1.29, 1.82) is 0 Å². The van der Waals surface area contributed by atoms with Crippen molar-refractivity contribution in [2.24, 2.45) is 5.41 Å². The molecule has 4 aliphatic rings. The highest BCUT2D eigenvalue weighted by Crippen LogP contribution is 2.55. The average molecular weight is 758 g/mol. The fraction of sp³-hybridized carbons (Fsp3) is 0.480. The molecule has 2 saturated carbocycles. The molecule has 4 atom stereocenters. The quantitative estimate of drug-likeness (QED) is 0.130. The first-order chi connectivity index (χ1) is 27.3. The average Bonchev–Trinajstić information content (AvgIpc) is 3.80. The molecule has 3 aromatic rings. The highest BCUT2D eigenvalue weighted by molar-refractivity contribution is 5.63. The van der Waals surface area contributed by atoms with E-state index in [0.717, 1.165) is 101 Å². The summed E-state index contributed by atoms with van der Waals surface area (Å²) >= 11 is 0. The smallest absolute Gasteiger partial charge is 0.142 e. The standard InChI is InChI=1S/C50H63NO5/c1-35-22-25-49(24-11-27-56-34-39-12-8-7-9-13-39)32-41(53-4)30-45(49)43(35)19-17-38-18-21-47(48(29-38)55-6)51-50-26-23-36(2)44(46(50)31-42(33-50)54-5)20-16-37-14-10-15-40(28-37)52-3/h7-10,12-15,18,21-23,28-29,41-42,51H,11,16-17,19-20,24-27,30-34H2,1-6H3/t41?,42?,49-,50?/m0/s1. The molecule has 6 heteroatoms. The Bertz CT molecular complexity index is 1960. The maximum Gasteiger partial charge on any atom is 0.142 e. The van der Waals surface area contributed by atoms with Crippen LogP contribution < -0.4 is 14.8 Å². The van der Waals surface area contributed by atoms with Crippen molar-refractivity contribution in [1.82, 2.24) is 0 Å². The van der Waals surface area contributed by atoms with Crippen molar-refractivity contribution >= 4 is 5.69 Å². The van der Waals surface area contributed by atoms with Crippen LogP contribution in [0.3, 0.4) is 0 Å². The minimum Gasteiger partial charge on any atom is -0.497 e. The molecule has 7 rings (SSSR count). The second-order valence-electron chi connectivity index (χ2n) is 16.6. The number of aryl methyl sites for hydroxylation is 2. The number of nitrogens with one attached hydrogen (secondary N) is 1. The van der Waals surface area contributed by atoms with Gasteiger partial charge in [0.05, 0.1) is 44.3 Å². The maximum atomic E-state index is 6.13. The molecule has 2 fully saturated rings. The van der Waals surface area contributed by atoms with Gasteiger partial charge in [0.15, 0.2) is 0 Å². The molecule has 0 bridgehead atoms.